The number of fused-ring (bicyclic) bond motifs is 1. The summed E-state index contributed by atoms with van der Waals surface area (Å²) in [5.41, 5.74) is 2.84. The Hall–Kier alpha value is -2.30. The van der Waals surface area contributed by atoms with Crippen molar-refractivity contribution in [3.8, 4) is 0 Å². The molecule has 1 heterocycles. The van der Waals surface area contributed by atoms with Crippen LogP contribution in [0.5, 0.6) is 0 Å². The SMILES string of the molecule is CN(Cc1ccc(F)c2cccnc12)C(CCO)c1ccccc1. The molecule has 0 bridgehead atoms. The largest absolute Gasteiger partial charge is 0.396 e. The van der Waals surface area contributed by atoms with E-state index in [1.165, 1.54) is 6.07 Å². The molecule has 24 heavy (non-hydrogen) atoms. The van der Waals surface area contributed by atoms with Gasteiger partial charge in [-0.1, -0.05) is 36.4 Å². The number of hydrogen-bond donors (Lipinski definition) is 1. The number of hydrogen-bond acceptors (Lipinski definition) is 3. The van der Waals surface area contributed by atoms with Gasteiger partial charge in [0.1, 0.15) is 5.82 Å². The van der Waals surface area contributed by atoms with E-state index in [1.807, 2.05) is 25.2 Å². The van der Waals surface area contributed by atoms with Crippen LogP contribution < -0.4 is 0 Å². The summed E-state index contributed by atoms with van der Waals surface area (Å²) < 4.78 is 14.0. The van der Waals surface area contributed by atoms with Gasteiger partial charge in [-0.05, 0) is 42.8 Å². The summed E-state index contributed by atoms with van der Waals surface area (Å²) in [7, 11) is 2.02. The molecule has 0 radical (unpaired) electrons. The summed E-state index contributed by atoms with van der Waals surface area (Å²) in [6.45, 7) is 0.750. The maximum absolute atomic E-state index is 14.0. The van der Waals surface area contributed by atoms with Gasteiger partial charge in [-0.25, -0.2) is 4.39 Å². The van der Waals surface area contributed by atoms with Gasteiger partial charge in [-0.3, -0.25) is 9.88 Å². The number of aliphatic hydroxyl groups is 1. The van der Waals surface area contributed by atoms with Crippen LogP contribution in [0.25, 0.3) is 10.9 Å². The molecule has 3 aromatic rings. The monoisotopic (exact) mass is 324 g/mol. The highest BCUT2D eigenvalue weighted by Crippen LogP contribution is 2.27. The van der Waals surface area contributed by atoms with Crippen LogP contribution in [0.1, 0.15) is 23.6 Å². The molecular weight excluding hydrogens is 303 g/mol. The highest BCUT2D eigenvalue weighted by atomic mass is 19.1. The predicted octanol–water partition coefficient (Wildman–Crippen LogP) is 3.93. The van der Waals surface area contributed by atoms with Crippen LogP contribution in [0, 0.1) is 5.82 Å². The third-order valence-electron chi connectivity index (χ3n) is 4.34. The van der Waals surface area contributed by atoms with Crippen LogP contribution in [0.2, 0.25) is 0 Å². The first-order valence-electron chi connectivity index (χ1n) is 8.09. The number of aliphatic hydroxyl groups excluding tert-OH is 1. The van der Waals surface area contributed by atoms with Crippen molar-refractivity contribution in [3.63, 3.8) is 0 Å². The van der Waals surface area contributed by atoms with Gasteiger partial charge in [-0.15, -0.1) is 0 Å². The molecule has 1 unspecified atom stereocenters. The quantitative estimate of drug-likeness (QED) is 0.746. The third-order valence-corrected chi connectivity index (χ3v) is 4.34. The second kappa shape index (κ2) is 7.51. The van der Waals surface area contributed by atoms with Gasteiger partial charge in [0.2, 0.25) is 0 Å². The smallest absolute Gasteiger partial charge is 0.132 e. The molecule has 0 saturated carbocycles. The van der Waals surface area contributed by atoms with E-state index in [2.05, 4.69) is 22.0 Å². The average Bonchev–Trinajstić information content (AvgIpc) is 2.63. The summed E-state index contributed by atoms with van der Waals surface area (Å²) in [6, 6.07) is 17.0. The molecule has 4 heteroatoms. The first-order chi connectivity index (χ1) is 11.7. The van der Waals surface area contributed by atoms with Gasteiger partial charge in [-0.2, -0.15) is 0 Å². The van der Waals surface area contributed by atoms with Crippen molar-refractivity contribution in [1.82, 2.24) is 9.88 Å². The number of aromatic nitrogens is 1. The Morgan fingerprint density at radius 1 is 1.08 bits per heavy atom. The summed E-state index contributed by atoms with van der Waals surface area (Å²) in [5.74, 6) is -0.250. The van der Waals surface area contributed by atoms with Crippen LogP contribution in [0.15, 0.2) is 60.8 Å². The topological polar surface area (TPSA) is 36.4 Å². The van der Waals surface area contributed by atoms with Crippen LogP contribution >= 0.6 is 0 Å². The van der Waals surface area contributed by atoms with E-state index in [0.29, 0.717) is 23.9 Å². The number of benzene rings is 2. The fraction of sp³-hybridized carbons (Fsp3) is 0.250. The lowest BCUT2D eigenvalue weighted by Gasteiger charge is -2.28. The Balaban J connectivity index is 1.91. The summed E-state index contributed by atoms with van der Waals surface area (Å²) >= 11 is 0. The molecule has 124 valence electrons. The summed E-state index contributed by atoms with van der Waals surface area (Å²) in [6.07, 6.45) is 2.33. The lowest BCUT2D eigenvalue weighted by molar-refractivity contribution is 0.180. The normalized spacial score (nSPS) is 12.7. The van der Waals surface area contributed by atoms with Gasteiger partial charge in [0.05, 0.1) is 5.52 Å². The van der Waals surface area contributed by atoms with E-state index in [-0.39, 0.29) is 18.5 Å². The van der Waals surface area contributed by atoms with Crippen molar-refractivity contribution in [1.29, 1.82) is 0 Å². The number of rotatable bonds is 6. The van der Waals surface area contributed by atoms with Crippen molar-refractivity contribution in [2.24, 2.45) is 0 Å². The van der Waals surface area contributed by atoms with Gasteiger partial charge in [0, 0.05) is 30.8 Å². The van der Waals surface area contributed by atoms with Crippen molar-refractivity contribution in [2.75, 3.05) is 13.7 Å². The van der Waals surface area contributed by atoms with E-state index in [9.17, 15) is 9.50 Å². The number of nitrogens with zero attached hydrogens (tertiary/aromatic N) is 2. The standard InChI is InChI=1S/C20H21FN2O/c1-23(19(11-13-24)15-6-3-2-4-7-15)14-16-9-10-18(21)17-8-5-12-22-20(16)17/h2-10,12,19,24H,11,13-14H2,1H3. The van der Waals surface area contributed by atoms with Gasteiger partial charge in [0.25, 0.3) is 0 Å². The maximum atomic E-state index is 14.0. The first-order valence-corrected chi connectivity index (χ1v) is 8.09. The minimum atomic E-state index is -0.250. The molecule has 0 aliphatic heterocycles. The summed E-state index contributed by atoms with van der Waals surface area (Å²) in [5, 5.41) is 9.98. The molecule has 0 amide bonds. The molecule has 1 aromatic heterocycles. The Kier molecular flexibility index (Phi) is 5.18. The number of pyridine rings is 1. The van der Waals surface area contributed by atoms with Crippen molar-refractivity contribution in [3.05, 3.63) is 77.7 Å². The highest BCUT2D eigenvalue weighted by molar-refractivity contribution is 5.82. The molecule has 0 aliphatic carbocycles. The molecule has 1 N–H and O–H groups in total. The lowest BCUT2D eigenvalue weighted by atomic mass is 10.0. The molecule has 3 rings (SSSR count). The maximum Gasteiger partial charge on any atom is 0.132 e. The molecular formula is C20H21FN2O. The highest BCUT2D eigenvalue weighted by Gasteiger charge is 2.18. The molecule has 3 nitrogen and oxygen atoms in total. The Bertz CT molecular complexity index is 807. The van der Waals surface area contributed by atoms with E-state index >= 15 is 0 Å². The van der Waals surface area contributed by atoms with E-state index < -0.39 is 0 Å². The van der Waals surface area contributed by atoms with Crippen molar-refractivity contribution in [2.45, 2.75) is 19.0 Å². The van der Waals surface area contributed by atoms with Gasteiger partial charge < -0.3 is 5.11 Å². The molecule has 0 fully saturated rings. The van der Waals surface area contributed by atoms with Crippen LogP contribution in [-0.2, 0) is 6.54 Å². The minimum absolute atomic E-state index is 0.0972. The van der Waals surface area contributed by atoms with Gasteiger partial charge in [0.15, 0.2) is 0 Å². The lowest BCUT2D eigenvalue weighted by Crippen LogP contribution is -2.25. The molecule has 0 saturated heterocycles. The van der Waals surface area contributed by atoms with Crippen molar-refractivity contribution < 1.29 is 9.50 Å². The van der Waals surface area contributed by atoms with Gasteiger partial charge >= 0.3 is 0 Å². The third kappa shape index (κ3) is 3.45. The van der Waals surface area contributed by atoms with Crippen LogP contribution in [-0.4, -0.2) is 28.6 Å². The Labute approximate surface area is 141 Å². The fourth-order valence-electron chi connectivity index (χ4n) is 3.14. The van der Waals surface area contributed by atoms with E-state index in [1.54, 1.807) is 24.4 Å². The Morgan fingerprint density at radius 2 is 1.88 bits per heavy atom. The van der Waals surface area contributed by atoms with Crippen LogP contribution in [0.3, 0.4) is 0 Å². The molecule has 1 atom stereocenters. The number of halogens is 1. The zero-order chi connectivity index (χ0) is 16.9. The molecule has 0 aliphatic rings. The van der Waals surface area contributed by atoms with E-state index in [0.717, 1.165) is 11.1 Å². The summed E-state index contributed by atoms with van der Waals surface area (Å²) in [4.78, 5) is 6.53. The average molecular weight is 324 g/mol. The molecule has 2 aromatic carbocycles. The van der Waals surface area contributed by atoms with Crippen LogP contribution in [0.4, 0.5) is 4.39 Å². The van der Waals surface area contributed by atoms with E-state index in [4.69, 9.17) is 0 Å². The second-order valence-electron chi connectivity index (χ2n) is 5.96. The zero-order valence-corrected chi connectivity index (χ0v) is 13.7. The van der Waals surface area contributed by atoms with Crippen molar-refractivity contribution >= 4 is 10.9 Å². The predicted molar refractivity (Wildman–Crippen MR) is 94.1 cm³/mol. The second-order valence-corrected chi connectivity index (χ2v) is 5.96. The Morgan fingerprint density at radius 3 is 2.62 bits per heavy atom. The minimum Gasteiger partial charge on any atom is -0.396 e. The fourth-order valence-corrected chi connectivity index (χ4v) is 3.14. The first kappa shape index (κ1) is 16.6. The molecule has 0 spiro atoms. The zero-order valence-electron chi connectivity index (χ0n) is 13.7.